The van der Waals surface area contributed by atoms with Crippen LogP contribution in [0, 0.1) is 24.4 Å². The third kappa shape index (κ3) is 5.76. The molecule has 0 radical (unpaired) electrons. The van der Waals surface area contributed by atoms with Crippen LogP contribution in [0.15, 0.2) is 36.7 Å². The normalized spacial score (nSPS) is 19.3. The second-order valence-electron chi connectivity index (χ2n) is 9.29. The fraction of sp³-hybridized carbons (Fsp3) is 0.440. The Morgan fingerprint density at radius 2 is 1.74 bits per heavy atom. The van der Waals surface area contributed by atoms with Crippen molar-refractivity contribution >= 4 is 17.3 Å². The van der Waals surface area contributed by atoms with E-state index in [2.05, 4.69) is 25.6 Å². The lowest BCUT2D eigenvalue weighted by atomic mass is 10.0. The molecule has 3 heterocycles. The van der Waals surface area contributed by atoms with Gasteiger partial charge in [0.2, 0.25) is 5.95 Å². The number of nitrogens with zero attached hydrogens (tertiary/aromatic N) is 4. The minimum Gasteiger partial charge on any atom is -0.380 e. The van der Waals surface area contributed by atoms with E-state index in [9.17, 15) is 8.78 Å². The number of aryl methyl sites for hydroxylation is 1. The highest BCUT2D eigenvalue weighted by molar-refractivity contribution is 5.64. The maximum Gasteiger partial charge on any atom is 0.247 e. The number of ether oxygens (including phenoxy) is 1. The highest BCUT2D eigenvalue weighted by atomic mass is 19.1. The molecule has 186 valence electrons. The van der Waals surface area contributed by atoms with Gasteiger partial charge in [-0.1, -0.05) is 0 Å². The first-order valence-corrected chi connectivity index (χ1v) is 12.0. The molecule has 2 saturated heterocycles. The Bertz CT molecular complexity index is 1150. The molecule has 0 bridgehead atoms. The molecular weight excluding hydrogens is 457 g/mol. The third-order valence-corrected chi connectivity index (χ3v) is 6.50. The number of likely N-dealkylation sites (tertiary alicyclic amines) is 1. The number of halogens is 3. The maximum atomic E-state index is 15.4. The monoisotopic (exact) mass is 486 g/mol. The van der Waals surface area contributed by atoms with Gasteiger partial charge in [0.15, 0.2) is 5.82 Å². The molecular formula is C25H29F3N6O. The summed E-state index contributed by atoms with van der Waals surface area (Å²) in [6.07, 6.45) is 5.80. The zero-order valence-corrected chi connectivity index (χ0v) is 19.6. The summed E-state index contributed by atoms with van der Waals surface area (Å²) in [6.45, 7) is 5.64. The van der Waals surface area contributed by atoms with Crippen LogP contribution in [0.3, 0.4) is 0 Å². The molecule has 2 aliphatic heterocycles. The molecule has 0 amide bonds. The number of piperidine rings is 1. The summed E-state index contributed by atoms with van der Waals surface area (Å²) in [6, 6.07) is 6.71. The molecule has 2 fully saturated rings. The highest BCUT2D eigenvalue weighted by Crippen LogP contribution is 2.29. The summed E-state index contributed by atoms with van der Waals surface area (Å²) < 4.78 is 49.4. The number of aromatic nitrogens is 3. The van der Waals surface area contributed by atoms with Crippen molar-refractivity contribution in [3.8, 4) is 5.69 Å². The van der Waals surface area contributed by atoms with E-state index in [4.69, 9.17) is 4.74 Å². The summed E-state index contributed by atoms with van der Waals surface area (Å²) in [5.41, 5.74) is 1.71. The number of hydrogen-bond donors (Lipinski definition) is 2. The molecule has 0 saturated carbocycles. The number of anilines is 3. The molecule has 35 heavy (non-hydrogen) atoms. The fourth-order valence-corrected chi connectivity index (χ4v) is 4.76. The van der Waals surface area contributed by atoms with Gasteiger partial charge in [0.1, 0.15) is 18.0 Å². The average Bonchev–Trinajstić information content (AvgIpc) is 3.50. The van der Waals surface area contributed by atoms with Gasteiger partial charge in [0.05, 0.1) is 23.2 Å². The topological polar surface area (TPSA) is 67.2 Å². The van der Waals surface area contributed by atoms with Crippen LogP contribution in [0.1, 0.15) is 31.2 Å². The summed E-state index contributed by atoms with van der Waals surface area (Å²) >= 11 is 0. The number of nitrogens with one attached hydrogen (secondary N) is 2. The maximum absolute atomic E-state index is 15.4. The zero-order chi connectivity index (χ0) is 24.4. The number of hydrogen-bond acceptors (Lipinski definition) is 6. The molecule has 0 aliphatic carbocycles. The van der Waals surface area contributed by atoms with Gasteiger partial charge < -0.3 is 20.3 Å². The Morgan fingerprint density at radius 1 is 1.00 bits per heavy atom. The Morgan fingerprint density at radius 3 is 2.46 bits per heavy atom. The molecule has 1 aromatic heterocycles. The zero-order valence-electron chi connectivity index (χ0n) is 19.6. The first-order chi connectivity index (χ1) is 16.9. The van der Waals surface area contributed by atoms with Crippen LogP contribution in [0.5, 0.6) is 0 Å². The molecule has 10 heteroatoms. The van der Waals surface area contributed by atoms with E-state index in [1.165, 1.54) is 11.0 Å². The largest absolute Gasteiger partial charge is 0.380 e. The van der Waals surface area contributed by atoms with Gasteiger partial charge in [0, 0.05) is 38.3 Å². The van der Waals surface area contributed by atoms with Crippen molar-refractivity contribution < 1.29 is 17.9 Å². The van der Waals surface area contributed by atoms with Crippen molar-refractivity contribution in [1.29, 1.82) is 0 Å². The van der Waals surface area contributed by atoms with E-state index < -0.39 is 17.5 Å². The van der Waals surface area contributed by atoms with Crippen molar-refractivity contribution in [3.05, 3.63) is 59.7 Å². The Labute approximate surface area is 202 Å². The Hall–Kier alpha value is -3.11. The lowest BCUT2D eigenvalue weighted by molar-refractivity contribution is 0.0654. The molecule has 7 nitrogen and oxygen atoms in total. The summed E-state index contributed by atoms with van der Waals surface area (Å²) in [5.74, 6) is -1.75. The quantitative estimate of drug-likeness (QED) is 0.501. The lowest BCUT2D eigenvalue weighted by Crippen LogP contribution is -2.42. The highest BCUT2D eigenvalue weighted by Gasteiger charge is 2.25. The Kier molecular flexibility index (Phi) is 6.92. The van der Waals surface area contributed by atoms with Crippen LogP contribution in [-0.4, -0.2) is 58.1 Å². The van der Waals surface area contributed by atoms with Crippen molar-refractivity contribution in [2.24, 2.45) is 0 Å². The van der Waals surface area contributed by atoms with E-state index in [-0.39, 0.29) is 23.4 Å². The van der Waals surface area contributed by atoms with Crippen LogP contribution in [0.25, 0.3) is 5.69 Å². The first-order valence-electron chi connectivity index (χ1n) is 12.0. The average molecular weight is 487 g/mol. The standard InChI is InChI=1S/C25H29F3N6O/c1-16-9-22(30-19-4-6-33(7-5-19)14-21-3-2-8-35-21)24(28)23(10-16)31-25-29-15-34(32-25)20-12-17(26)11-18(27)13-20/h9-13,15,19,21,30H,2-8,14H2,1H3,(H,31,32). The van der Waals surface area contributed by atoms with Gasteiger partial charge in [-0.3, -0.25) is 0 Å². The molecule has 1 atom stereocenters. The van der Waals surface area contributed by atoms with Gasteiger partial charge in [-0.15, -0.1) is 5.10 Å². The van der Waals surface area contributed by atoms with E-state index in [0.717, 1.165) is 75.7 Å². The third-order valence-electron chi connectivity index (χ3n) is 6.50. The predicted molar refractivity (Wildman–Crippen MR) is 128 cm³/mol. The van der Waals surface area contributed by atoms with Crippen molar-refractivity contribution in [1.82, 2.24) is 19.7 Å². The van der Waals surface area contributed by atoms with Crippen molar-refractivity contribution in [2.45, 2.75) is 44.8 Å². The second kappa shape index (κ2) is 10.2. The van der Waals surface area contributed by atoms with Gasteiger partial charge in [0.25, 0.3) is 0 Å². The van der Waals surface area contributed by atoms with Gasteiger partial charge in [-0.25, -0.2) is 17.9 Å². The molecule has 0 spiro atoms. The van der Waals surface area contributed by atoms with Gasteiger partial charge in [-0.05, 0) is 62.4 Å². The van der Waals surface area contributed by atoms with Crippen LogP contribution in [0.2, 0.25) is 0 Å². The van der Waals surface area contributed by atoms with E-state index in [1.807, 2.05) is 6.92 Å². The molecule has 2 aromatic carbocycles. The fourth-order valence-electron chi connectivity index (χ4n) is 4.76. The SMILES string of the molecule is Cc1cc(Nc2ncn(-c3cc(F)cc(F)c3)n2)c(F)c(NC2CCN(CC3CCCO3)CC2)c1. The summed E-state index contributed by atoms with van der Waals surface area (Å²) in [5, 5.41) is 10.4. The smallest absolute Gasteiger partial charge is 0.247 e. The number of rotatable bonds is 7. The predicted octanol–water partition coefficient (Wildman–Crippen LogP) is 4.79. The van der Waals surface area contributed by atoms with Crippen LogP contribution >= 0.6 is 0 Å². The minimum atomic E-state index is -0.719. The molecule has 1 unspecified atom stereocenters. The lowest BCUT2D eigenvalue weighted by Gasteiger charge is -2.34. The van der Waals surface area contributed by atoms with Crippen LogP contribution < -0.4 is 10.6 Å². The molecule has 5 rings (SSSR count). The summed E-state index contributed by atoms with van der Waals surface area (Å²) in [7, 11) is 0. The minimum absolute atomic E-state index is 0.118. The Balaban J connectivity index is 1.23. The van der Waals surface area contributed by atoms with Crippen LogP contribution in [-0.2, 0) is 4.74 Å². The van der Waals surface area contributed by atoms with Crippen LogP contribution in [0.4, 0.5) is 30.5 Å². The molecule has 2 aliphatic rings. The first kappa shape index (κ1) is 23.6. The van der Waals surface area contributed by atoms with Crippen molar-refractivity contribution in [3.63, 3.8) is 0 Å². The summed E-state index contributed by atoms with van der Waals surface area (Å²) in [4.78, 5) is 6.54. The van der Waals surface area contributed by atoms with Crippen molar-refractivity contribution in [2.75, 3.05) is 36.9 Å². The van der Waals surface area contributed by atoms with Gasteiger partial charge in [-0.2, -0.15) is 4.98 Å². The van der Waals surface area contributed by atoms with E-state index >= 15 is 4.39 Å². The molecule has 3 aromatic rings. The molecule has 2 N–H and O–H groups in total. The van der Waals surface area contributed by atoms with Gasteiger partial charge >= 0.3 is 0 Å². The number of benzene rings is 2. The van der Waals surface area contributed by atoms with E-state index in [1.54, 1.807) is 12.1 Å². The van der Waals surface area contributed by atoms with E-state index in [0.29, 0.717) is 11.8 Å². The second-order valence-corrected chi connectivity index (χ2v) is 9.29.